The minimum Gasteiger partial charge on any atom is -0.497 e. The molecule has 128 valence electrons. The lowest BCUT2D eigenvalue weighted by Crippen LogP contribution is -2.39. The van der Waals surface area contributed by atoms with E-state index < -0.39 is 0 Å². The monoisotopic (exact) mass is 336 g/mol. The maximum atomic E-state index is 12.3. The third-order valence-electron chi connectivity index (χ3n) is 4.83. The Morgan fingerprint density at radius 1 is 1.20 bits per heavy atom. The molecule has 5 nitrogen and oxygen atoms in total. The number of benzene rings is 2. The first-order valence-corrected chi connectivity index (χ1v) is 8.47. The number of carbonyl (C=O) groups is 1. The van der Waals surface area contributed by atoms with Gasteiger partial charge in [0.15, 0.2) is 0 Å². The molecule has 1 heterocycles. The van der Waals surface area contributed by atoms with E-state index >= 15 is 0 Å². The van der Waals surface area contributed by atoms with Gasteiger partial charge in [-0.15, -0.1) is 0 Å². The second-order valence-corrected chi connectivity index (χ2v) is 6.40. The summed E-state index contributed by atoms with van der Waals surface area (Å²) in [4.78, 5) is 17.8. The van der Waals surface area contributed by atoms with Crippen molar-refractivity contribution in [3.63, 3.8) is 0 Å². The van der Waals surface area contributed by atoms with Crippen LogP contribution in [0.25, 0.3) is 0 Å². The van der Waals surface area contributed by atoms with Gasteiger partial charge in [-0.3, -0.25) is 4.79 Å². The zero-order valence-corrected chi connectivity index (χ0v) is 14.1. The molecule has 0 saturated carbocycles. The number of methoxy groups -OCH3 is 1. The van der Waals surface area contributed by atoms with Crippen LogP contribution in [0.4, 0.5) is 0 Å². The lowest BCUT2D eigenvalue weighted by atomic mass is 9.77. The Morgan fingerprint density at radius 2 is 2.00 bits per heavy atom. The van der Waals surface area contributed by atoms with Crippen LogP contribution in [0.15, 0.2) is 53.7 Å². The van der Waals surface area contributed by atoms with E-state index in [0.29, 0.717) is 13.0 Å². The van der Waals surface area contributed by atoms with Crippen LogP contribution in [0, 0.1) is 0 Å². The molecule has 1 aliphatic carbocycles. The molecule has 0 saturated heterocycles. The third kappa shape index (κ3) is 3.09. The second kappa shape index (κ2) is 6.59. The van der Waals surface area contributed by atoms with Crippen molar-refractivity contribution in [1.82, 2.24) is 5.32 Å². The van der Waals surface area contributed by atoms with Crippen molar-refractivity contribution in [2.24, 2.45) is 5.16 Å². The van der Waals surface area contributed by atoms with Gasteiger partial charge in [0.05, 0.1) is 25.3 Å². The van der Waals surface area contributed by atoms with Crippen molar-refractivity contribution in [3.05, 3.63) is 65.2 Å². The molecule has 1 N–H and O–H groups in total. The summed E-state index contributed by atoms with van der Waals surface area (Å²) in [6.07, 6.45) is 1.39. The number of carbonyl (C=O) groups excluding carboxylic acids is 1. The molecule has 2 aliphatic rings. The zero-order valence-electron chi connectivity index (χ0n) is 14.1. The number of ether oxygens (including phenoxy) is 1. The smallest absolute Gasteiger partial charge is 0.228 e. The second-order valence-electron chi connectivity index (χ2n) is 6.40. The van der Waals surface area contributed by atoms with E-state index in [1.165, 1.54) is 5.56 Å². The number of oxime groups is 1. The van der Waals surface area contributed by atoms with Crippen molar-refractivity contribution in [1.29, 1.82) is 0 Å². The normalized spacial score (nSPS) is 20.8. The number of rotatable bonds is 5. The molecule has 0 unspecified atom stereocenters. The molecule has 4 rings (SSSR count). The summed E-state index contributed by atoms with van der Waals surface area (Å²) in [5.41, 5.74) is 4.32. The Morgan fingerprint density at radius 3 is 2.76 bits per heavy atom. The van der Waals surface area contributed by atoms with Crippen LogP contribution >= 0.6 is 0 Å². The predicted molar refractivity (Wildman–Crippen MR) is 94.9 cm³/mol. The van der Waals surface area contributed by atoms with Gasteiger partial charge >= 0.3 is 0 Å². The number of nitrogens with one attached hydrogen (secondary N) is 1. The van der Waals surface area contributed by atoms with Crippen molar-refractivity contribution in [2.45, 2.75) is 24.9 Å². The van der Waals surface area contributed by atoms with Crippen molar-refractivity contribution >= 4 is 11.6 Å². The lowest BCUT2D eigenvalue weighted by Gasteiger charge is -2.29. The summed E-state index contributed by atoms with van der Waals surface area (Å²) in [7, 11) is 1.64. The SMILES string of the molecule is COc1ccc(C2=NO[C@@H](CNC(=O)[C@H]3Cc4ccccc43)C2)cc1. The first kappa shape index (κ1) is 15.7. The van der Waals surface area contributed by atoms with E-state index in [2.05, 4.69) is 16.5 Å². The van der Waals surface area contributed by atoms with Crippen LogP contribution in [-0.2, 0) is 16.1 Å². The van der Waals surface area contributed by atoms with Gasteiger partial charge in [-0.05, 0) is 47.4 Å². The number of hydrogen-bond donors (Lipinski definition) is 1. The quantitative estimate of drug-likeness (QED) is 0.913. The highest BCUT2D eigenvalue weighted by Crippen LogP contribution is 2.34. The van der Waals surface area contributed by atoms with E-state index in [1.807, 2.05) is 42.5 Å². The molecule has 0 aromatic heterocycles. The van der Waals surface area contributed by atoms with Gasteiger partial charge in [-0.2, -0.15) is 0 Å². The van der Waals surface area contributed by atoms with Crippen LogP contribution in [0.2, 0.25) is 0 Å². The fourth-order valence-electron chi connectivity index (χ4n) is 3.32. The minimum atomic E-state index is -0.114. The fourth-order valence-corrected chi connectivity index (χ4v) is 3.32. The summed E-state index contributed by atoms with van der Waals surface area (Å²) in [6, 6.07) is 15.8. The molecule has 2 aromatic rings. The average molecular weight is 336 g/mol. The maximum absolute atomic E-state index is 12.3. The third-order valence-corrected chi connectivity index (χ3v) is 4.83. The molecule has 0 radical (unpaired) electrons. The summed E-state index contributed by atoms with van der Waals surface area (Å²) in [5, 5.41) is 7.16. The summed E-state index contributed by atoms with van der Waals surface area (Å²) in [5.74, 6) is 0.854. The summed E-state index contributed by atoms with van der Waals surface area (Å²) >= 11 is 0. The summed E-state index contributed by atoms with van der Waals surface area (Å²) < 4.78 is 5.16. The van der Waals surface area contributed by atoms with Crippen molar-refractivity contribution in [3.8, 4) is 5.75 Å². The number of fused-ring (bicyclic) bond motifs is 1. The van der Waals surface area contributed by atoms with Gasteiger partial charge < -0.3 is 14.9 Å². The molecule has 1 amide bonds. The largest absolute Gasteiger partial charge is 0.497 e. The van der Waals surface area contributed by atoms with Crippen LogP contribution in [0.1, 0.15) is 29.0 Å². The van der Waals surface area contributed by atoms with E-state index in [-0.39, 0.29) is 17.9 Å². The van der Waals surface area contributed by atoms with Gasteiger partial charge in [0.25, 0.3) is 0 Å². The van der Waals surface area contributed by atoms with E-state index in [0.717, 1.165) is 29.0 Å². The number of amides is 1. The van der Waals surface area contributed by atoms with E-state index in [9.17, 15) is 4.79 Å². The standard InChI is InChI=1S/C20H20N2O3/c1-24-15-8-6-13(7-9-15)19-11-16(25-22-19)12-21-20(23)18-10-14-4-2-3-5-17(14)18/h2-9,16,18H,10-12H2,1H3,(H,21,23)/t16-,18+/m1/s1. The minimum absolute atomic E-state index is 0.0282. The molecular weight excluding hydrogens is 316 g/mol. The molecule has 0 spiro atoms. The lowest BCUT2D eigenvalue weighted by molar-refractivity contribution is -0.123. The molecule has 2 atom stereocenters. The first-order valence-electron chi connectivity index (χ1n) is 8.47. The Bertz CT molecular complexity index is 814. The predicted octanol–water partition coefficient (Wildman–Crippen LogP) is 2.64. The molecule has 25 heavy (non-hydrogen) atoms. The average Bonchev–Trinajstić information content (AvgIpc) is 3.10. The highest BCUT2D eigenvalue weighted by molar-refractivity contribution is 6.01. The Labute approximate surface area is 146 Å². The number of hydrogen-bond acceptors (Lipinski definition) is 4. The molecule has 1 aliphatic heterocycles. The first-order chi connectivity index (χ1) is 12.2. The molecule has 0 bridgehead atoms. The zero-order chi connectivity index (χ0) is 17.2. The van der Waals surface area contributed by atoms with E-state index in [1.54, 1.807) is 7.11 Å². The highest BCUT2D eigenvalue weighted by Gasteiger charge is 2.32. The van der Waals surface area contributed by atoms with E-state index in [4.69, 9.17) is 9.57 Å². The molecule has 0 fully saturated rings. The van der Waals surface area contributed by atoms with Crippen LogP contribution in [0.5, 0.6) is 5.75 Å². The van der Waals surface area contributed by atoms with Crippen LogP contribution in [0.3, 0.4) is 0 Å². The van der Waals surface area contributed by atoms with Crippen molar-refractivity contribution < 1.29 is 14.4 Å². The summed E-state index contributed by atoms with van der Waals surface area (Å²) in [6.45, 7) is 0.473. The van der Waals surface area contributed by atoms with Crippen LogP contribution < -0.4 is 10.1 Å². The van der Waals surface area contributed by atoms with Crippen LogP contribution in [-0.4, -0.2) is 31.4 Å². The van der Waals surface area contributed by atoms with Gasteiger partial charge in [0, 0.05) is 6.42 Å². The highest BCUT2D eigenvalue weighted by atomic mass is 16.6. The molecular formula is C20H20N2O3. The van der Waals surface area contributed by atoms with Gasteiger partial charge in [-0.25, -0.2) is 0 Å². The van der Waals surface area contributed by atoms with Crippen molar-refractivity contribution in [2.75, 3.05) is 13.7 Å². The molecule has 5 heteroatoms. The Hall–Kier alpha value is -2.82. The molecule has 2 aromatic carbocycles. The van der Waals surface area contributed by atoms with Gasteiger partial charge in [0.2, 0.25) is 5.91 Å². The number of nitrogens with zero attached hydrogens (tertiary/aromatic N) is 1. The fraction of sp³-hybridized carbons (Fsp3) is 0.300. The topological polar surface area (TPSA) is 59.9 Å². The Kier molecular flexibility index (Phi) is 4.14. The maximum Gasteiger partial charge on any atom is 0.228 e. The van der Waals surface area contributed by atoms with Gasteiger partial charge in [0.1, 0.15) is 11.9 Å². The Balaban J connectivity index is 1.28. The van der Waals surface area contributed by atoms with Gasteiger partial charge in [-0.1, -0.05) is 29.4 Å².